The molecule has 0 radical (unpaired) electrons. The van der Waals surface area contributed by atoms with Crippen LogP contribution in [-0.4, -0.2) is 70.1 Å². The summed E-state index contributed by atoms with van der Waals surface area (Å²) in [5.41, 5.74) is 7.37. The van der Waals surface area contributed by atoms with Crippen molar-refractivity contribution in [1.29, 1.82) is 5.41 Å². The van der Waals surface area contributed by atoms with Gasteiger partial charge in [0.15, 0.2) is 16.5 Å². The Morgan fingerprint density at radius 2 is 1.63 bits per heavy atom. The number of benzene rings is 2. The Morgan fingerprint density at radius 3 is 2.13 bits per heavy atom. The lowest BCUT2D eigenvalue weighted by Gasteiger charge is -2.20. The normalized spacial score (nSPS) is 11.4. The average molecular weight is 532 g/mol. The van der Waals surface area contributed by atoms with E-state index in [2.05, 4.69) is 5.32 Å². The quantitative estimate of drug-likeness (QED) is 0.0817. The van der Waals surface area contributed by atoms with Crippen LogP contribution in [0.5, 0.6) is 23.0 Å². The number of nitro groups is 1. The summed E-state index contributed by atoms with van der Waals surface area (Å²) in [6.07, 6.45) is 4.09. The van der Waals surface area contributed by atoms with E-state index in [1.54, 1.807) is 26.4 Å². The molecular formula is C25H33N5O8. The number of hydrogen-bond donors (Lipinski definition) is 3. The number of carbonyl (C=O) groups is 1. The van der Waals surface area contributed by atoms with Crippen molar-refractivity contribution in [2.45, 2.75) is 18.9 Å². The van der Waals surface area contributed by atoms with Crippen molar-refractivity contribution < 1.29 is 33.5 Å². The zero-order valence-corrected chi connectivity index (χ0v) is 22.0. The zero-order valence-electron chi connectivity index (χ0n) is 22.0. The third-order valence-electron chi connectivity index (χ3n) is 5.53. The summed E-state index contributed by atoms with van der Waals surface area (Å²) in [5.74, 6) is 0.766. The molecule has 0 saturated heterocycles. The van der Waals surface area contributed by atoms with Crippen molar-refractivity contribution >= 4 is 29.8 Å². The summed E-state index contributed by atoms with van der Waals surface area (Å²) in [7, 11) is 7.37. The topological polar surface area (TPSA) is 171 Å². The lowest BCUT2D eigenvalue weighted by molar-refractivity contribution is -0.629. The van der Waals surface area contributed by atoms with Crippen LogP contribution in [0.2, 0.25) is 0 Å². The van der Waals surface area contributed by atoms with E-state index in [1.165, 1.54) is 21.3 Å². The Labute approximate surface area is 220 Å². The minimum atomic E-state index is -0.830. The number of hydrazine groups is 1. The number of esters is 1. The predicted molar refractivity (Wildman–Crippen MR) is 142 cm³/mol. The van der Waals surface area contributed by atoms with E-state index in [4.69, 9.17) is 34.8 Å². The van der Waals surface area contributed by atoms with Gasteiger partial charge in [-0.05, 0) is 48.2 Å². The molecule has 0 aliphatic carbocycles. The molecule has 2 aromatic rings. The van der Waals surface area contributed by atoms with Gasteiger partial charge in [-0.25, -0.2) is 14.9 Å². The Balaban J connectivity index is 2.28. The van der Waals surface area contributed by atoms with Crippen LogP contribution in [0.1, 0.15) is 24.0 Å². The summed E-state index contributed by atoms with van der Waals surface area (Å²) < 4.78 is 26.5. The van der Waals surface area contributed by atoms with Gasteiger partial charge in [0.2, 0.25) is 5.75 Å². The zero-order chi connectivity index (χ0) is 28.2. The predicted octanol–water partition coefficient (Wildman–Crippen LogP) is 3.01. The SMILES string of the molecule is COC(=O)C(CCCN(C(=N)N)[N+](=O)[O-])Nc1cc(/C=C\c2cc(OC)c(OC)c(OC)c2)ccc1OC. The second-order valence-corrected chi connectivity index (χ2v) is 7.86. The highest BCUT2D eigenvalue weighted by Crippen LogP contribution is 2.38. The number of anilines is 1. The number of hydrogen-bond acceptors (Lipinski definition) is 10. The van der Waals surface area contributed by atoms with Crippen LogP contribution in [0.4, 0.5) is 5.69 Å². The molecule has 13 nitrogen and oxygen atoms in total. The number of nitrogens with two attached hydrogens (primary N) is 1. The van der Waals surface area contributed by atoms with Crippen molar-refractivity contribution in [3.8, 4) is 23.0 Å². The molecule has 0 fully saturated rings. The monoisotopic (exact) mass is 531 g/mol. The Morgan fingerprint density at radius 1 is 1.03 bits per heavy atom. The third-order valence-corrected chi connectivity index (χ3v) is 5.53. The molecule has 0 amide bonds. The van der Waals surface area contributed by atoms with E-state index >= 15 is 0 Å². The fourth-order valence-electron chi connectivity index (χ4n) is 3.65. The Bertz CT molecular complexity index is 1130. The molecule has 0 aliphatic heterocycles. The van der Waals surface area contributed by atoms with Gasteiger partial charge in [0.1, 0.15) is 11.8 Å². The standard InChI is InChI=1S/C25H33N5O8/c1-34-20-11-10-16(8-9-17-14-21(35-2)23(37-4)22(15-17)36-3)13-19(20)28-18(24(31)38-5)7-6-12-29(25(26)27)30(32)33/h8-11,13-15,18,28H,6-7,12H2,1-5H3,(H3,26,27)/b9-8-. The summed E-state index contributed by atoms with van der Waals surface area (Å²) in [5, 5.41) is 21.2. The lowest BCUT2D eigenvalue weighted by atomic mass is 10.1. The molecule has 1 unspecified atom stereocenters. The molecule has 0 spiro atoms. The maximum atomic E-state index is 12.4. The van der Waals surface area contributed by atoms with Crippen molar-refractivity contribution in [3.05, 3.63) is 51.6 Å². The minimum absolute atomic E-state index is 0.147. The van der Waals surface area contributed by atoms with E-state index in [9.17, 15) is 14.9 Å². The summed E-state index contributed by atoms with van der Waals surface area (Å²) in [4.78, 5) is 23.5. The van der Waals surface area contributed by atoms with E-state index in [0.717, 1.165) is 11.1 Å². The highest BCUT2D eigenvalue weighted by Gasteiger charge is 2.23. The molecule has 0 saturated carbocycles. The highest BCUT2D eigenvalue weighted by atomic mass is 16.7. The van der Waals surface area contributed by atoms with Crippen LogP contribution < -0.4 is 30.0 Å². The molecule has 0 aromatic heterocycles. The number of ether oxygens (including phenoxy) is 5. The van der Waals surface area contributed by atoms with Crippen LogP contribution in [0.3, 0.4) is 0 Å². The van der Waals surface area contributed by atoms with Gasteiger partial charge in [0.05, 0.1) is 47.8 Å². The minimum Gasteiger partial charge on any atom is -0.495 e. The van der Waals surface area contributed by atoms with Gasteiger partial charge in [0, 0.05) is 0 Å². The molecule has 206 valence electrons. The van der Waals surface area contributed by atoms with Crippen molar-refractivity contribution in [1.82, 2.24) is 5.01 Å². The van der Waals surface area contributed by atoms with Gasteiger partial charge in [-0.1, -0.05) is 23.2 Å². The number of nitrogens with one attached hydrogen (secondary N) is 2. The van der Waals surface area contributed by atoms with E-state index in [0.29, 0.717) is 33.7 Å². The third kappa shape index (κ3) is 7.66. The van der Waals surface area contributed by atoms with E-state index in [1.807, 2.05) is 30.4 Å². The van der Waals surface area contributed by atoms with Gasteiger partial charge in [-0.15, -0.1) is 0 Å². The molecule has 1 atom stereocenters. The number of carbonyl (C=O) groups excluding carboxylic acids is 1. The first-order valence-corrected chi connectivity index (χ1v) is 11.4. The fraction of sp³-hybridized carbons (Fsp3) is 0.360. The molecule has 13 heteroatoms. The molecule has 0 aliphatic rings. The van der Waals surface area contributed by atoms with Gasteiger partial charge in [-0.3, -0.25) is 5.41 Å². The van der Waals surface area contributed by atoms with E-state index < -0.39 is 23.0 Å². The fourth-order valence-corrected chi connectivity index (χ4v) is 3.65. The Hall–Kier alpha value is -4.68. The maximum Gasteiger partial charge on any atom is 0.328 e. The first kappa shape index (κ1) is 29.5. The smallest absolute Gasteiger partial charge is 0.328 e. The molecule has 4 N–H and O–H groups in total. The number of rotatable bonds is 14. The van der Waals surface area contributed by atoms with Gasteiger partial charge >= 0.3 is 5.97 Å². The second kappa shape index (κ2) is 14.2. The molecule has 2 aromatic carbocycles. The molecule has 0 bridgehead atoms. The molecule has 38 heavy (non-hydrogen) atoms. The summed E-state index contributed by atoms with van der Waals surface area (Å²) in [6.45, 7) is -0.147. The summed E-state index contributed by atoms with van der Waals surface area (Å²) in [6, 6.07) is 8.17. The van der Waals surface area contributed by atoms with Gasteiger partial charge < -0.3 is 34.7 Å². The second-order valence-electron chi connectivity index (χ2n) is 7.86. The van der Waals surface area contributed by atoms with Crippen molar-refractivity contribution in [2.75, 3.05) is 47.4 Å². The molecule has 0 heterocycles. The van der Waals surface area contributed by atoms with Crippen molar-refractivity contribution in [2.24, 2.45) is 5.73 Å². The van der Waals surface area contributed by atoms with E-state index in [-0.39, 0.29) is 19.4 Å². The number of guanidine groups is 1. The molecule has 2 rings (SSSR count). The molecular weight excluding hydrogens is 498 g/mol. The number of methoxy groups -OCH3 is 5. The Kier molecular flexibility index (Phi) is 11.0. The van der Waals surface area contributed by atoms with Crippen LogP contribution in [0.25, 0.3) is 12.2 Å². The van der Waals surface area contributed by atoms with Crippen LogP contribution in [0, 0.1) is 15.5 Å². The summed E-state index contributed by atoms with van der Waals surface area (Å²) >= 11 is 0. The lowest BCUT2D eigenvalue weighted by Crippen LogP contribution is -2.42. The number of nitrogens with zero attached hydrogens (tertiary/aromatic N) is 2. The van der Waals surface area contributed by atoms with Crippen LogP contribution in [-0.2, 0) is 9.53 Å². The first-order valence-electron chi connectivity index (χ1n) is 11.4. The first-order chi connectivity index (χ1) is 18.2. The average Bonchev–Trinajstić information content (AvgIpc) is 2.91. The van der Waals surface area contributed by atoms with Gasteiger partial charge in [0.25, 0.3) is 5.96 Å². The highest BCUT2D eigenvalue weighted by molar-refractivity contribution is 5.81. The van der Waals surface area contributed by atoms with Crippen molar-refractivity contribution in [3.63, 3.8) is 0 Å². The largest absolute Gasteiger partial charge is 0.495 e. The van der Waals surface area contributed by atoms with Crippen LogP contribution in [0.15, 0.2) is 30.3 Å². The maximum absolute atomic E-state index is 12.4. The van der Waals surface area contributed by atoms with Crippen LogP contribution >= 0.6 is 0 Å². The van der Waals surface area contributed by atoms with Gasteiger partial charge in [-0.2, -0.15) is 0 Å².